The van der Waals surface area contributed by atoms with Crippen LogP contribution in [0.3, 0.4) is 0 Å². The molecule has 2 rings (SSSR count). The van der Waals surface area contributed by atoms with Crippen LogP contribution in [-0.4, -0.2) is 40.6 Å². The summed E-state index contributed by atoms with van der Waals surface area (Å²) in [5.74, 6) is 0.796. The fourth-order valence-electron chi connectivity index (χ4n) is 2.05. The minimum atomic E-state index is -1.27. The van der Waals surface area contributed by atoms with Gasteiger partial charge in [-0.25, -0.2) is 4.79 Å². The predicted octanol–water partition coefficient (Wildman–Crippen LogP) is 2.24. The molecule has 1 aliphatic heterocycles. The molecule has 0 saturated carbocycles. The Balaban J connectivity index is 2.34. The average molecular weight is 282 g/mol. The third-order valence-corrected chi connectivity index (χ3v) is 4.04. The maximum absolute atomic E-state index is 10.9. The second-order valence-electron chi connectivity index (χ2n) is 4.22. The number of thioether (sulfide) groups is 1. The fraction of sp³-hybridized carbons (Fsp3) is 0.417. The third-order valence-electron chi connectivity index (χ3n) is 3.00. The topological polar surface area (TPSA) is 83.7 Å². The highest BCUT2D eigenvalue weighted by Gasteiger charge is 2.22. The molecule has 0 aromatic heterocycles. The molecule has 1 aromatic carbocycles. The Kier molecular flexibility index (Phi) is 4.26. The van der Waals surface area contributed by atoms with Crippen LogP contribution in [0.5, 0.6) is 0 Å². The molecule has 0 unspecified atom stereocenters. The number of anilines is 1. The number of nitrogens with zero attached hydrogens (tertiary/aromatic N) is 2. The van der Waals surface area contributed by atoms with Crippen LogP contribution in [0.1, 0.15) is 16.8 Å². The van der Waals surface area contributed by atoms with Gasteiger partial charge < -0.3 is 10.0 Å². The Bertz CT molecular complexity index is 499. The number of benzene rings is 1. The highest BCUT2D eigenvalue weighted by atomic mass is 32.2. The molecule has 1 heterocycles. The van der Waals surface area contributed by atoms with Crippen LogP contribution in [0.4, 0.5) is 11.4 Å². The van der Waals surface area contributed by atoms with Crippen molar-refractivity contribution in [1.82, 2.24) is 0 Å². The number of hydrogen-bond donors (Lipinski definition) is 1. The molecule has 6 nitrogen and oxygen atoms in total. The Morgan fingerprint density at radius 2 is 2.16 bits per heavy atom. The first kappa shape index (κ1) is 13.7. The number of rotatable bonds is 3. The van der Waals surface area contributed by atoms with Crippen molar-refractivity contribution in [2.75, 3.05) is 29.5 Å². The van der Waals surface area contributed by atoms with Crippen LogP contribution in [-0.2, 0) is 0 Å². The number of carboxylic acid groups (broad SMARTS) is 1. The van der Waals surface area contributed by atoms with E-state index in [9.17, 15) is 14.9 Å². The van der Waals surface area contributed by atoms with Crippen molar-refractivity contribution in [1.29, 1.82) is 0 Å². The Labute approximate surface area is 114 Å². The van der Waals surface area contributed by atoms with Gasteiger partial charge in [-0.15, -0.1) is 0 Å². The normalized spacial score (nSPS) is 15.9. The van der Waals surface area contributed by atoms with E-state index in [0.717, 1.165) is 36.7 Å². The third kappa shape index (κ3) is 3.17. The summed E-state index contributed by atoms with van der Waals surface area (Å²) in [5.41, 5.74) is 0.110. The molecule has 1 saturated heterocycles. The van der Waals surface area contributed by atoms with Gasteiger partial charge in [-0.05, 0) is 24.3 Å². The van der Waals surface area contributed by atoms with E-state index in [1.54, 1.807) is 6.07 Å². The van der Waals surface area contributed by atoms with Crippen molar-refractivity contribution in [3.05, 3.63) is 33.9 Å². The van der Waals surface area contributed by atoms with Gasteiger partial charge in [0, 0.05) is 30.6 Å². The summed E-state index contributed by atoms with van der Waals surface area (Å²) < 4.78 is 0. The zero-order chi connectivity index (χ0) is 13.8. The van der Waals surface area contributed by atoms with Crippen LogP contribution in [0.2, 0.25) is 0 Å². The van der Waals surface area contributed by atoms with Gasteiger partial charge in [0.05, 0.1) is 4.92 Å². The molecule has 1 aliphatic rings. The molecule has 0 spiro atoms. The molecule has 0 atom stereocenters. The second kappa shape index (κ2) is 5.92. The largest absolute Gasteiger partial charge is 0.477 e. The van der Waals surface area contributed by atoms with Gasteiger partial charge >= 0.3 is 5.97 Å². The second-order valence-corrected chi connectivity index (χ2v) is 5.44. The number of carbonyl (C=O) groups is 1. The van der Waals surface area contributed by atoms with Crippen molar-refractivity contribution < 1.29 is 14.8 Å². The zero-order valence-corrected chi connectivity index (χ0v) is 11.1. The monoisotopic (exact) mass is 282 g/mol. The number of hydrogen-bond acceptors (Lipinski definition) is 5. The fourth-order valence-corrected chi connectivity index (χ4v) is 2.94. The summed E-state index contributed by atoms with van der Waals surface area (Å²) in [6, 6.07) is 4.32. The molecule has 0 bridgehead atoms. The average Bonchev–Trinajstić information content (AvgIpc) is 2.66. The van der Waals surface area contributed by atoms with E-state index in [2.05, 4.69) is 4.90 Å². The summed E-state index contributed by atoms with van der Waals surface area (Å²) >= 11 is 1.86. The number of carboxylic acids is 1. The van der Waals surface area contributed by atoms with Crippen molar-refractivity contribution in [3.8, 4) is 0 Å². The lowest BCUT2D eigenvalue weighted by atomic mass is 10.1. The van der Waals surface area contributed by atoms with Crippen LogP contribution in [0.15, 0.2) is 18.2 Å². The maximum atomic E-state index is 10.9. The molecule has 7 heteroatoms. The van der Waals surface area contributed by atoms with Gasteiger partial charge in [-0.1, -0.05) is 0 Å². The van der Waals surface area contributed by atoms with E-state index >= 15 is 0 Å². The highest BCUT2D eigenvalue weighted by molar-refractivity contribution is 7.99. The number of nitro groups is 1. The van der Waals surface area contributed by atoms with Crippen molar-refractivity contribution in [2.45, 2.75) is 6.42 Å². The van der Waals surface area contributed by atoms with E-state index < -0.39 is 10.9 Å². The van der Waals surface area contributed by atoms with Gasteiger partial charge in [0.25, 0.3) is 5.69 Å². The number of nitro benzene ring substituents is 1. The Morgan fingerprint density at radius 3 is 2.84 bits per heavy atom. The van der Waals surface area contributed by atoms with Crippen LogP contribution < -0.4 is 4.90 Å². The predicted molar refractivity (Wildman–Crippen MR) is 74.2 cm³/mol. The molecule has 0 aliphatic carbocycles. The molecule has 102 valence electrons. The molecule has 0 radical (unpaired) electrons. The van der Waals surface area contributed by atoms with E-state index in [-0.39, 0.29) is 11.3 Å². The first-order valence-electron chi connectivity index (χ1n) is 5.94. The quantitative estimate of drug-likeness (QED) is 0.676. The van der Waals surface area contributed by atoms with Crippen LogP contribution in [0, 0.1) is 10.1 Å². The molecule has 1 aromatic rings. The summed E-state index contributed by atoms with van der Waals surface area (Å²) in [4.78, 5) is 23.3. The van der Waals surface area contributed by atoms with E-state index in [4.69, 9.17) is 5.11 Å². The highest BCUT2D eigenvalue weighted by Crippen LogP contribution is 2.27. The first-order valence-corrected chi connectivity index (χ1v) is 7.09. The molecule has 1 N–H and O–H groups in total. The van der Waals surface area contributed by atoms with Crippen molar-refractivity contribution in [3.63, 3.8) is 0 Å². The lowest BCUT2D eigenvalue weighted by molar-refractivity contribution is -0.385. The molecular weight excluding hydrogens is 268 g/mol. The van der Waals surface area contributed by atoms with E-state index in [1.807, 2.05) is 11.8 Å². The zero-order valence-electron chi connectivity index (χ0n) is 10.2. The van der Waals surface area contributed by atoms with Crippen LogP contribution >= 0.6 is 11.8 Å². The van der Waals surface area contributed by atoms with Gasteiger partial charge in [-0.3, -0.25) is 10.1 Å². The van der Waals surface area contributed by atoms with Gasteiger partial charge in [0.1, 0.15) is 5.56 Å². The standard InChI is InChI=1S/C12H14N2O4S/c15-12(16)10-3-2-9(8-11(10)14(17)18)13-4-1-6-19-7-5-13/h2-3,8H,1,4-7H2,(H,15,16). The maximum Gasteiger partial charge on any atom is 0.342 e. The minimum absolute atomic E-state index is 0.266. The van der Waals surface area contributed by atoms with Gasteiger partial charge in [0.15, 0.2) is 0 Å². The van der Waals surface area contributed by atoms with Gasteiger partial charge in [-0.2, -0.15) is 11.8 Å². The lowest BCUT2D eigenvalue weighted by Gasteiger charge is -2.22. The SMILES string of the molecule is O=C(O)c1ccc(N2CCCSCC2)cc1[N+](=O)[O-]. The van der Waals surface area contributed by atoms with Crippen molar-refractivity contribution in [2.24, 2.45) is 0 Å². The molecule has 19 heavy (non-hydrogen) atoms. The van der Waals surface area contributed by atoms with Gasteiger partial charge in [0.2, 0.25) is 0 Å². The molecule has 0 amide bonds. The van der Waals surface area contributed by atoms with E-state index in [0.29, 0.717) is 0 Å². The summed E-state index contributed by atoms with van der Waals surface area (Å²) in [6.45, 7) is 1.67. The lowest BCUT2D eigenvalue weighted by Crippen LogP contribution is -2.25. The van der Waals surface area contributed by atoms with Crippen LogP contribution in [0.25, 0.3) is 0 Å². The molecule has 1 fully saturated rings. The minimum Gasteiger partial charge on any atom is -0.477 e. The number of aromatic carboxylic acids is 1. The first-order chi connectivity index (χ1) is 9.09. The summed E-state index contributed by atoms with van der Waals surface area (Å²) in [7, 11) is 0. The summed E-state index contributed by atoms with van der Waals surface area (Å²) in [6.07, 6.45) is 1.03. The van der Waals surface area contributed by atoms with E-state index in [1.165, 1.54) is 12.1 Å². The molecular formula is C12H14N2O4S. The van der Waals surface area contributed by atoms with Crippen molar-refractivity contribution >= 4 is 29.1 Å². The Hall–Kier alpha value is -1.76. The smallest absolute Gasteiger partial charge is 0.342 e. The Morgan fingerprint density at radius 1 is 1.37 bits per heavy atom. The summed E-state index contributed by atoms with van der Waals surface area (Å²) in [5, 5.41) is 19.9.